The van der Waals surface area contributed by atoms with Crippen molar-refractivity contribution in [2.24, 2.45) is 15.8 Å². The Kier molecular flexibility index (Phi) is 16.1. The Morgan fingerprint density at radius 1 is 0.732 bits per heavy atom. The van der Waals surface area contributed by atoms with E-state index in [1.807, 2.05) is 21.1 Å². The maximum atomic E-state index is 13.2. The van der Waals surface area contributed by atoms with E-state index in [0.29, 0.717) is 69.9 Å². The van der Waals surface area contributed by atoms with E-state index in [4.69, 9.17) is 29.4 Å². The minimum atomic E-state index is -0.268. The van der Waals surface area contributed by atoms with Gasteiger partial charge in [0.25, 0.3) is 0 Å². The largest absolute Gasteiger partial charge is 0.462 e. The van der Waals surface area contributed by atoms with Crippen LogP contribution in [0.25, 0.3) is 0 Å². The van der Waals surface area contributed by atoms with Crippen LogP contribution in [0.5, 0.6) is 12.0 Å². The molecule has 0 saturated carbocycles. The molecule has 0 bridgehead atoms. The second-order valence-electron chi connectivity index (χ2n) is 25.8. The first-order valence-electron chi connectivity index (χ1n) is 30.6. The number of nitrogens with zero attached hydrogens (tertiary/aromatic N) is 12. The molecule has 12 rings (SSSR count). The molecule has 7 heterocycles. The van der Waals surface area contributed by atoms with E-state index in [1.54, 1.807) is 0 Å². The van der Waals surface area contributed by atoms with Crippen LogP contribution in [-0.2, 0) is 61.0 Å². The standard InChI is InChI=1S/C65H84N12O4S/c1-8-58(78)76-35-42(3)74(38-47(76)19-26-66)60-53-17-24-64(32-55(53)68-62(70-60)80-40-49-13-11-28-72(49)6)23-16-52-45(31-64)12-10-14-51(52)46-30-50(73(7)37-46)41-81-63-69-56-33-65(22-15-44-21-29-82-57(44)34-65)25-18-54(56)61(71-63)75-39-48(20-27-67-5)77(36-43(75)4)59(79)9-2/h8-10,12,14,21,29,42-43,46-50H,1-2,5,11,13,15-20,22-25,27-28,30-41H2,3-4,6-7H3. The van der Waals surface area contributed by atoms with Crippen molar-refractivity contribution in [2.45, 2.75) is 165 Å². The number of piperazine rings is 2. The number of aromatic nitrogens is 4. The first kappa shape index (κ1) is 56.3. The van der Waals surface area contributed by atoms with Crippen LogP contribution in [0.3, 0.4) is 0 Å². The number of aliphatic imine (C=N–C) groups is 1. The van der Waals surface area contributed by atoms with Gasteiger partial charge >= 0.3 is 12.0 Å². The number of anilines is 2. The molecule has 4 saturated heterocycles. The summed E-state index contributed by atoms with van der Waals surface area (Å²) in [5, 5.41) is 12.1. The van der Waals surface area contributed by atoms with Crippen molar-refractivity contribution < 1.29 is 19.1 Å². The van der Waals surface area contributed by atoms with Crippen LogP contribution in [0.15, 0.2) is 59.9 Å². The van der Waals surface area contributed by atoms with E-state index in [0.717, 1.165) is 132 Å². The minimum absolute atomic E-state index is 0.0182. The number of benzene rings is 1. The molecule has 3 aromatic heterocycles. The number of carbonyl (C=O) groups excluding carboxylic acids is 2. The Morgan fingerprint density at radius 3 is 1.96 bits per heavy atom. The van der Waals surface area contributed by atoms with Gasteiger partial charge in [0.2, 0.25) is 11.8 Å². The van der Waals surface area contributed by atoms with E-state index in [2.05, 4.69) is 108 Å². The molecule has 0 N–H and O–H groups in total. The fourth-order valence-corrected chi connectivity index (χ4v) is 17.1. The molecule has 4 aliphatic heterocycles. The van der Waals surface area contributed by atoms with Crippen LogP contribution in [0.4, 0.5) is 11.6 Å². The lowest BCUT2D eigenvalue weighted by molar-refractivity contribution is -0.130. The summed E-state index contributed by atoms with van der Waals surface area (Å²) in [5.41, 5.74) is 10.9. The number of fused-ring (bicyclic) bond motifs is 4. The molecule has 4 aromatic rings. The van der Waals surface area contributed by atoms with E-state index in [-0.39, 0.29) is 59.3 Å². The van der Waals surface area contributed by atoms with Gasteiger partial charge in [0.15, 0.2) is 0 Å². The summed E-state index contributed by atoms with van der Waals surface area (Å²) < 4.78 is 13.4. The SMILES string of the molecule is C=CC(=O)N1CC(C)N(c2nc(OCC3CCCN3C)nc3c2CCC2(CCc4c(cccc4C4CC(COc5nc6c(c(N7CC(CCN=C)N(C(=O)C=C)CC7C)n5)CCC5(CCc7ccsc7C5)C6)N(C)C4)C2)C3)CC1CC#N. The molecular weight excluding hydrogens is 1040 g/mol. The third-order valence-corrected chi connectivity index (χ3v) is 21.7. The summed E-state index contributed by atoms with van der Waals surface area (Å²) in [6, 6.07) is 12.9. The lowest BCUT2D eigenvalue weighted by Crippen LogP contribution is -2.59. The van der Waals surface area contributed by atoms with Crippen LogP contribution < -0.4 is 19.3 Å². The average molecular weight is 1130 g/mol. The predicted molar refractivity (Wildman–Crippen MR) is 322 cm³/mol. The molecule has 4 fully saturated rings. The van der Waals surface area contributed by atoms with E-state index >= 15 is 0 Å². The van der Waals surface area contributed by atoms with E-state index in [1.165, 1.54) is 56.8 Å². The molecule has 9 atom stereocenters. The molecule has 2 spiro atoms. The van der Waals surface area contributed by atoms with Crippen molar-refractivity contribution in [3.8, 4) is 18.1 Å². The third kappa shape index (κ3) is 11.0. The molecule has 9 unspecified atom stereocenters. The Labute approximate surface area is 489 Å². The summed E-state index contributed by atoms with van der Waals surface area (Å²) in [7, 11) is 4.42. The van der Waals surface area contributed by atoms with Crippen LogP contribution in [0, 0.1) is 22.2 Å². The van der Waals surface area contributed by atoms with Crippen LogP contribution in [0.2, 0.25) is 0 Å². The van der Waals surface area contributed by atoms with Gasteiger partial charge in [-0.3, -0.25) is 14.5 Å². The van der Waals surface area contributed by atoms with Gasteiger partial charge in [-0.25, -0.2) is 0 Å². The summed E-state index contributed by atoms with van der Waals surface area (Å²) in [6.45, 7) is 21.6. The van der Waals surface area contributed by atoms with Gasteiger partial charge in [0.1, 0.15) is 24.8 Å². The molecule has 16 nitrogen and oxygen atoms in total. The number of ether oxygens (including phenoxy) is 2. The number of rotatable bonds is 15. The van der Waals surface area contributed by atoms with E-state index < -0.39 is 0 Å². The summed E-state index contributed by atoms with van der Waals surface area (Å²) in [5.74, 6) is 2.07. The molecule has 4 aliphatic carbocycles. The highest BCUT2D eigenvalue weighted by molar-refractivity contribution is 7.10. The first-order valence-corrected chi connectivity index (χ1v) is 31.5. The molecular formula is C65H84N12O4S. The smallest absolute Gasteiger partial charge is 0.318 e. The normalized spacial score (nSPS) is 28.9. The first-order chi connectivity index (χ1) is 39.8. The molecule has 0 radical (unpaired) electrons. The number of thiophene rings is 1. The Hall–Kier alpha value is -6.22. The van der Waals surface area contributed by atoms with Crippen LogP contribution in [-0.4, -0.2) is 167 Å². The second kappa shape index (κ2) is 23.4. The summed E-state index contributed by atoms with van der Waals surface area (Å²) in [6.07, 6.45) is 19.3. The van der Waals surface area contributed by atoms with Gasteiger partial charge in [-0.05, 0) is 207 Å². The Bertz CT molecular complexity index is 3140. The number of nitriles is 1. The highest BCUT2D eigenvalue weighted by atomic mass is 32.1. The number of aryl methyl sites for hydroxylation is 1. The number of likely N-dealkylation sites (tertiary alicyclic amines) is 2. The molecule has 8 aliphatic rings. The molecule has 82 heavy (non-hydrogen) atoms. The zero-order chi connectivity index (χ0) is 56.9. The third-order valence-electron chi connectivity index (χ3n) is 20.8. The fraction of sp³-hybridized carbons (Fsp3) is 0.600. The lowest BCUT2D eigenvalue weighted by atomic mass is 9.62. The number of hydrogen-bond acceptors (Lipinski definition) is 15. The average Bonchev–Trinajstić information content (AvgIpc) is 3.08. The lowest BCUT2D eigenvalue weighted by Gasteiger charge is -2.47. The van der Waals surface area contributed by atoms with Crippen LogP contribution in [0.1, 0.15) is 127 Å². The van der Waals surface area contributed by atoms with Gasteiger partial charge in [-0.2, -0.15) is 25.2 Å². The number of amides is 2. The van der Waals surface area contributed by atoms with Crippen molar-refractivity contribution in [3.05, 3.63) is 105 Å². The molecule has 17 heteroatoms. The van der Waals surface area contributed by atoms with Gasteiger partial charge in [0.05, 0.1) is 36.0 Å². The van der Waals surface area contributed by atoms with Crippen LogP contribution >= 0.6 is 11.3 Å². The second-order valence-corrected chi connectivity index (χ2v) is 26.8. The highest BCUT2D eigenvalue weighted by Crippen LogP contribution is 2.51. The Balaban J connectivity index is 0.771. The van der Waals surface area contributed by atoms with E-state index in [9.17, 15) is 14.9 Å². The zero-order valence-electron chi connectivity index (χ0n) is 49.0. The fourth-order valence-electron chi connectivity index (χ4n) is 16.0. The molecule has 2 amide bonds. The van der Waals surface area contributed by atoms with Gasteiger partial charge in [-0.15, -0.1) is 11.3 Å². The predicted octanol–water partition coefficient (Wildman–Crippen LogP) is 8.18. The summed E-state index contributed by atoms with van der Waals surface area (Å²) in [4.78, 5) is 66.6. The van der Waals surface area contributed by atoms with Crippen molar-refractivity contribution in [2.75, 3.05) is 82.9 Å². The summed E-state index contributed by atoms with van der Waals surface area (Å²) >= 11 is 1.91. The number of hydrogen-bond donors (Lipinski definition) is 0. The zero-order valence-corrected chi connectivity index (χ0v) is 49.8. The van der Waals surface area contributed by atoms with Gasteiger partial charge in [0, 0.05) is 79.4 Å². The highest BCUT2D eigenvalue weighted by Gasteiger charge is 2.46. The number of likely N-dealkylation sites (N-methyl/N-ethyl adjacent to an activating group) is 2. The molecule has 434 valence electrons. The monoisotopic (exact) mass is 1130 g/mol. The van der Waals surface area contributed by atoms with Gasteiger partial charge in [-0.1, -0.05) is 31.4 Å². The van der Waals surface area contributed by atoms with Crippen molar-refractivity contribution >= 4 is 41.5 Å². The Morgan fingerprint density at radius 2 is 1.34 bits per heavy atom. The van der Waals surface area contributed by atoms with Crippen molar-refractivity contribution in [3.63, 3.8) is 0 Å². The maximum absolute atomic E-state index is 13.2. The van der Waals surface area contributed by atoms with Crippen molar-refractivity contribution in [1.82, 2.24) is 39.5 Å². The van der Waals surface area contributed by atoms with Gasteiger partial charge < -0.3 is 39.0 Å². The quantitative estimate of drug-likeness (QED) is 0.0830. The maximum Gasteiger partial charge on any atom is 0.318 e. The number of carbonyl (C=O) groups is 2. The topological polar surface area (TPSA) is 160 Å². The van der Waals surface area contributed by atoms with Crippen molar-refractivity contribution in [1.29, 1.82) is 5.26 Å². The minimum Gasteiger partial charge on any atom is -0.462 e. The molecule has 1 aromatic carbocycles.